The minimum atomic E-state index is -0.467. The molecule has 0 saturated heterocycles. The molecule has 0 atom stereocenters. The van der Waals surface area contributed by atoms with Crippen molar-refractivity contribution in [2.75, 3.05) is 7.11 Å². The molecule has 0 spiro atoms. The van der Waals surface area contributed by atoms with Gasteiger partial charge in [0.2, 0.25) is 0 Å². The zero-order valence-electron chi connectivity index (χ0n) is 10.9. The van der Waals surface area contributed by atoms with Crippen LogP contribution in [-0.4, -0.2) is 13.1 Å². The number of esters is 1. The van der Waals surface area contributed by atoms with E-state index in [9.17, 15) is 4.79 Å². The predicted octanol–water partition coefficient (Wildman–Crippen LogP) is 2.56. The molecule has 5 heteroatoms. The number of hydrogen-bond acceptors (Lipinski definition) is 5. The van der Waals surface area contributed by atoms with Crippen LogP contribution in [0.3, 0.4) is 0 Å². The van der Waals surface area contributed by atoms with E-state index in [1.807, 2.05) is 20.8 Å². The molecule has 1 heterocycles. The average molecular weight is 249 g/mol. The third-order valence-electron chi connectivity index (χ3n) is 2.56. The summed E-state index contributed by atoms with van der Waals surface area (Å²) in [5, 5.41) is 8.50. The molecule has 1 aliphatic rings. The van der Waals surface area contributed by atoms with E-state index in [2.05, 4.69) is 0 Å². The van der Waals surface area contributed by atoms with Crippen LogP contribution in [0.15, 0.2) is 6.07 Å². The van der Waals surface area contributed by atoms with Gasteiger partial charge in [0, 0.05) is 11.6 Å². The van der Waals surface area contributed by atoms with Gasteiger partial charge in [-0.2, -0.15) is 0 Å². The minimum absolute atomic E-state index is 0.183. The monoisotopic (exact) mass is 249 g/mol. The standard InChI is InChI=1S/C11H9NO4.C2H6/c1-6-7-4-15-11(13)10(7)9(16-5-12)3-8(6)14-2;1-2/h3H,4H2,1-2H3;1-2H3. The Hall–Kier alpha value is -2.22. The first kappa shape index (κ1) is 13.8. The Bertz CT molecular complexity index is 503. The molecule has 1 aromatic rings. The third kappa shape index (κ3) is 2.23. The number of ether oxygens (including phenoxy) is 3. The van der Waals surface area contributed by atoms with Gasteiger partial charge < -0.3 is 14.2 Å². The summed E-state index contributed by atoms with van der Waals surface area (Å²) >= 11 is 0. The molecule has 1 aromatic carbocycles. The Morgan fingerprint density at radius 2 is 2.06 bits per heavy atom. The second kappa shape index (κ2) is 5.92. The van der Waals surface area contributed by atoms with Gasteiger partial charge in [0.05, 0.1) is 7.11 Å². The minimum Gasteiger partial charge on any atom is -0.496 e. The maximum absolute atomic E-state index is 11.5. The zero-order valence-corrected chi connectivity index (χ0v) is 10.9. The molecular weight excluding hydrogens is 234 g/mol. The number of carbonyl (C=O) groups excluding carboxylic acids is 1. The molecule has 0 radical (unpaired) electrons. The van der Waals surface area contributed by atoms with Crippen LogP contribution < -0.4 is 9.47 Å². The van der Waals surface area contributed by atoms with E-state index in [4.69, 9.17) is 19.5 Å². The van der Waals surface area contributed by atoms with Crippen molar-refractivity contribution in [3.05, 3.63) is 22.8 Å². The molecule has 2 rings (SSSR count). The number of methoxy groups -OCH3 is 1. The molecule has 0 N–H and O–H groups in total. The van der Waals surface area contributed by atoms with Crippen LogP contribution >= 0.6 is 0 Å². The lowest BCUT2D eigenvalue weighted by Crippen LogP contribution is -2.01. The first-order valence-electron chi connectivity index (χ1n) is 5.62. The number of nitriles is 1. The van der Waals surface area contributed by atoms with Crippen LogP contribution in [0.4, 0.5) is 0 Å². The fraction of sp³-hybridized carbons (Fsp3) is 0.385. The number of benzene rings is 1. The Morgan fingerprint density at radius 1 is 1.39 bits per heavy atom. The number of cyclic esters (lactones) is 1. The van der Waals surface area contributed by atoms with E-state index in [0.29, 0.717) is 11.3 Å². The second-order valence-corrected chi connectivity index (χ2v) is 3.32. The molecule has 0 aromatic heterocycles. The lowest BCUT2D eigenvalue weighted by atomic mass is 10.0. The molecule has 0 amide bonds. The topological polar surface area (TPSA) is 68.6 Å². The van der Waals surface area contributed by atoms with E-state index >= 15 is 0 Å². The normalized spacial score (nSPS) is 11.6. The van der Waals surface area contributed by atoms with Crippen molar-refractivity contribution < 1.29 is 19.0 Å². The number of carbonyl (C=O) groups is 1. The van der Waals surface area contributed by atoms with E-state index in [0.717, 1.165) is 11.1 Å². The number of rotatable bonds is 2. The maximum atomic E-state index is 11.5. The molecular formula is C13H15NO4. The van der Waals surface area contributed by atoms with Crippen molar-refractivity contribution in [2.24, 2.45) is 0 Å². The highest BCUT2D eigenvalue weighted by Crippen LogP contribution is 2.37. The number of fused-ring (bicyclic) bond motifs is 1. The van der Waals surface area contributed by atoms with E-state index in [1.54, 1.807) is 6.26 Å². The summed E-state index contributed by atoms with van der Waals surface area (Å²) in [6.07, 6.45) is 1.54. The lowest BCUT2D eigenvalue weighted by molar-refractivity contribution is 0.0533. The summed E-state index contributed by atoms with van der Waals surface area (Å²) in [5.41, 5.74) is 1.86. The van der Waals surface area contributed by atoms with Gasteiger partial charge in [-0.1, -0.05) is 13.8 Å². The maximum Gasteiger partial charge on any atom is 0.342 e. The summed E-state index contributed by atoms with van der Waals surface area (Å²) in [7, 11) is 1.52. The Labute approximate surface area is 106 Å². The van der Waals surface area contributed by atoms with Gasteiger partial charge >= 0.3 is 5.97 Å². The Balaban J connectivity index is 0.000000771. The second-order valence-electron chi connectivity index (χ2n) is 3.32. The highest BCUT2D eigenvalue weighted by molar-refractivity contribution is 5.97. The predicted molar refractivity (Wildman–Crippen MR) is 64.4 cm³/mol. The van der Waals surface area contributed by atoms with Crippen LogP contribution in [0, 0.1) is 18.4 Å². The Morgan fingerprint density at radius 3 is 2.61 bits per heavy atom. The smallest absolute Gasteiger partial charge is 0.342 e. The molecule has 0 aliphatic carbocycles. The van der Waals surface area contributed by atoms with Gasteiger partial charge in [0.1, 0.15) is 17.9 Å². The zero-order chi connectivity index (χ0) is 13.7. The van der Waals surface area contributed by atoms with Crippen LogP contribution in [0.1, 0.15) is 35.3 Å². The summed E-state index contributed by atoms with van der Waals surface area (Å²) in [6, 6.07) is 1.52. The fourth-order valence-corrected chi connectivity index (χ4v) is 1.74. The van der Waals surface area contributed by atoms with Crippen molar-refractivity contribution in [1.29, 1.82) is 5.26 Å². The summed E-state index contributed by atoms with van der Waals surface area (Å²) in [4.78, 5) is 11.5. The van der Waals surface area contributed by atoms with Gasteiger partial charge in [0.25, 0.3) is 6.26 Å². The van der Waals surface area contributed by atoms with Crippen molar-refractivity contribution in [3.63, 3.8) is 0 Å². The molecule has 0 bridgehead atoms. The van der Waals surface area contributed by atoms with E-state index in [1.165, 1.54) is 13.2 Å². The summed E-state index contributed by atoms with van der Waals surface area (Å²) in [5.74, 6) is 0.288. The van der Waals surface area contributed by atoms with Crippen LogP contribution in [-0.2, 0) is 11.3 Å². The van der Waals surface area contributed by atoms with Crippen molar-refractivity contribution in [3.8, 4) is 17.8 Å². The quantitative estimate of drug-likeness (QED) is 0.595. The first-order chi connectivity index (χ1) is 8.69. The fourth-order valence-electron chi connectivity index (χ4n) is 1.74. The van der Waals surface area contributed by atoms with Gasteiger partial charge in [0.15, 0.2) is 5.75 Å². The van der Waals surface area contributed by atoms with Gasteiger partial charge in [-0.25, -0.2) is 4.79 Å². The van der Waals surface area contributed by atoms with E-state index < -0.39 is 5.97 Å². The van der Waals surface area contributed by atoms with Crippen molar-refractivity contribution >= 4 is 5.97 Å². The average Bonchev–Trinajstić information content (AvgIpc) is 2.78. The van der Waals surface area contributed by atoms with Crippen LogP contribution in [0.2, 0.25) is 0 Å². The molecule has 1 aliphatic heterocycles. The Kier molecular flexibility index (Phi) is 4.55. The highest BCUT2D eigenvalue weighted by atomic mass is 16.5. The van der Waals surface area contributed by atoms with Crippen molar-refractivity contribution in [1.82, 2.24) is 0 Å². The van der Waals surface area contributed by atoms with Gasteiger partial charge in [-0.3, -0.25) is 0 Å². The molecule has 18 heavy (non-hydrogen) atoms. The van der Waals surface area contributed by atoms with E-state index in [-0.39, 0.29) is 12.4 Å². The van der Waals surface area contributed by atoms with Crippen LogP contribution in [0.25, 0.3) is 0 Å². The van der Waals surface area contributed by atoms with Crippen molar-refractivity contribution in [2.45, 2.75) is 27.4 Å². The number of nitrogens with zero attached hydrogens (tertiary/aromatic N) is 1. The largest absolute Gasteiger partial charge is 0.496 e. The highest BCUT2D eigenvalue weighted by Gasteiger charge is 2.29. The van der Waals surface area contributed by atoms with Gasteiger partial charge in [-0.15, -0.1) is 5.26 Å². The number of hydrogen-bond donors (Lipinski definition) is 0. The molecule has 0 unspecified atom stereocenters. The summed E-state index contributed by atoms with van der Waals surface area (Å²) in [6.45, 7) is 6.02. The van der Waals surface area contributed by atoms with Crippen LogP contribution in [0.5, 0.6) is 11.5 Å². The van der Waals surface area contributed by atoms with Gasteiger partial charge in [-0.05, 0) is 12.5 Å². The third-order valence-corrected chi connectivity index (χ3v) is 2.56. The first-order valence-corrected chi connectivity index (χ1v) is 5.62. The SMILES string of the molecule is CC.COc1cc(OC#N)c2c(c1C)COC2=O. The molecule has 0 fully saturated rings. The lowest BCUT2D eigenvalue weighted by Gasteiger charge is -2.09. The summed E-state index contributed by atoms with van der Waals surface area (Å²) < 4.78 is 14.8. The molecule has 0 saturated carbocycles. The molecule has 96 valence electrons. The molecule has 5 nitrogen and oxygen atoms in total.